The van der Waals surface area contributed by atoms with Gasteiger partial charge in [-0.1, -0.05) is 11.6 Å². The zero-order chi connectivity index (χ0) is 20.7. The van der Waals surface area contributed by atoms with E-state index in [9.17, 15) is 15.0 Å². The molecule has 3 aliphatic carbocycles. The molecular weight excluding hydrogens is 406 g/mol. The minimum absolute atomic E-state index is 0.142. The lowest BCUT2D eigenvalue weighted by molar-refractivity contribution is -0.204. The number of rotatable bonds is 5. The highest BCUT2D eigenvalue weighted by Crippen LogP contribution is 2.77. The molecule has 1 amide bonds. The number of aliphatic hydroxyl groups is 2. The van der Waals surface area contributed by atoms with Crippen LogP contribution in [0.15, 0.2) is 4.52 Å². The number of hydrogen-bond acceptors (Lipinski definition) is 8. The summed E-state index contributed by atoms with van der Waals surface area (Å²) in [5, 5.41) is 28.7. The highest BCUT2D eigenvalue weighted by molar-refractivity contribution is 7.17. The van der Waals surface area contributed by atoms with Gasteiger partial charge in [-0.2, -0.15) is 4.98 Å². The minimum atomic E-state index is -1.86. The Kier molecular flexibility index (Phi) is 3.86. The monoisotopic (exact) mass is 431 g/mol. The summed E-state index contributed by atoms with van der Waals surface area (Å²) in [4.78, 5) is 19.1. The number of ether oxygens (including phenoxy) is 1. The zero-order valence-electron chi connectivity index (χ0n) is 16.9. The van der Waals surface area contributed by atoms with E-state index in [1.54, 1.807) is 0 Å². The molecule has 2 aromatic rings. The average molecular weight is 432 g/mol. The van der Waals surface area contributed by atoms with E-state index in [0.29, 0.717) is 49.3 Å². The van der Waals surface area contributed by atoms with Crippen molar-refractivity contribution in [2.24, 2.45) is 10.8 Å². The summed E-state index contributed by atoms with van der Waals surface area (Å²) in [6.07, 6.45) is 5.56. The van der Waals surface area contributed by atoms with Gasteiger partial charge in [0.15, 0.2) is 11.6 Å². The van der Waals surface area contributed by atoms with Crippen LogP contribution in [-0.2, 0) is 22.6 Å². The van der Waals surface area contributed by atoms with Crippen LogP contribution in [0.4, 0.5) is 5.00 Å². The SMILES string of the molecule is CC(O)(O)C12CCCC1(C(=O)Nc1sc3c(c1-c1nc(C4CC4)no1)CCOC3)C2. The molecule has 2 aromatic heterocycles. The lowest BCUT2D eigenvalue weighted by Crippen LogP contribution is -2.41. The fourth-order valence-electron chi connectivity index (χ4n) is 5.70. The molecule has 6 rings (SSSR count). The van der Waals surface area contributed by atoms with Gasteiger partial charge in [-0.25, -0.2) is 0 Å². The van der Waals surface area contributed by atoms with E-state index >= 15 is 0 Å². The molecule has 0 saturated heterocycles. The van der Waals surface area contributed by atoms with E-state index in [4.69, 9.17) is 9.26 Å². The number of carbonyl (C=O) groups excluding carboxylic acids is 1. The molecule has 30 heavy (non-hydrogen) atoms. The molecule has 1 aliphatic heterocycles. The van der Waals surface area contributed by atoms with Crippen LogP contribution in [0.1, 0.15) is 67.6 Å². The van der Waals surface area contributed by atoms with Crippen molar-refractivity contribution < 1.29 is 24.3 Å². The maximum atomic E-state index is 13.4. The van der Waals surface area contributed by atoms with E-state index in [-0.39, 0.29) is 5.91 Å². The molecule has 0 aromatic carbocycles. The largest absolute Gasteiger partial charge is 0.376 e. The highest BCUT2D eigenvalue weighted by Gasteiger charge is 2.79. The van der Waals surface area contributed by atoms with Gasteiger partial charge in [-0.15, -0.1) is 11.3 Å². The second-order valence-electron chi connectivity index (χ2n) is 9.41. The number of amides is 1. The summed E-state index contributed by atoms with van der Waals surface area (Å²) in [6.45, 7) is 2.53. The average Bonchev–Trinajstić information content (AvgIpc) is 3.52. The molecule has 3 fully saturated rings. The van der Waals surface area contributed by atoms with Gasteiger partial charge in [-0.05, 0) is 51.0 Å². The van der Waals surface area contributed by atoms with Crippen molar-refractivity contribution in [1.29, 1.82) is 0 Å². The van der Waals surface area contributed by atoms with Gasteiger partial charge in [0.05, 0.1) is 24.2 Å². The Morgan fingerprint density at radius 3 is 2.90 bits per heavy atom. The van der Waals surface area contributed by atoms with Crippen LogP contribution >= 0.6 is 11.3 Å². The molecule has 160 valence electrons. The first-order chi connectivity index (χ1) is 14.3. The van der Waals surface area contributed by atoms with Crippen molar-refractivity contribution in [3.63, 3.8) is 0 Å². The zero-order valence-corrected chi connectivity index (χ0v) is 17.7. The lowest BCUT2D eigenvalue weighted by atomic mass is 9.88. The van der Waals surface area contributed by atoms with Crippen LogP contribution in [0, 0.1) is 10.8 Å². The van der Waals surface area contributed by atoms with Crippen LogP contribution in [0.3, 0.4) is 0 Å². The van der Waals surface area contributed by atoms with Crippen LogP contribution in [-0.4, -0.2) is 38.7 Å². The number of hydrogen-bond donors (Lipinski definition) is 3. The number of fused-ring (bicyclic) bond motifs is 2. The molecule has 0 spiro atoms. The smallest absolute Gasteiger partial charge is 0.261 e. The Bertz CT molecular complexity index is 1040. The van der Waals surface area contributed by atoms with Gasteiger partial charge in [0, 0.05) is 16.2 Å². The van der Waals surface area contributed by atoms with E-state index < -0.39 is 16.6 Å². The number of thiophene rings is 1. The minimum Gasteiger partial charge on any atom is -0.376 e. The van der Waals surface area contributed by atoms with Crippen molar-refractivity contribution in [1.82, 2.24) is 10.1 Å². The maximum Gasteiger partial charge on any atom is 0.261 e. The number of nitrogens with zero attached hydrogens (tertiary/aromatic N) is 2. The van der Waals surface area contributed by atoms with Gasteiger partial charge in [0.1, 0.15) is 5.00 Å². The van der Waals surface area contributed by atoms with Gasteiger partial charge >= 0.3 is 0 Å². The molecule has 8 nitrogen and oxygen atoms in total. The van der Waals surface area contributed by atoms with Crippen molar-refractivity contribution in [2.45, 2.75) is 70.2 Å². The number of carbonyl (C=O) groups is 1. The van der Waals surface area contributed by atoms with Crippen molar-refractivity contribution >= 4 is 22.2 Å². The van der Waals surface area contributed by atoms with Gasteiger partial charge in [-0.3, -0.25) is 4.79 Å². The molecule has 0 bridgehead atoms. The number of anilines is 1. The Hall–Kier alpha value is -1.81. The summed E-state index contributed by atoms with van der Waals surface area (Å²) in [5.74, 6) is -0.433. The molecule has 9 heteroatoms. The molecular formula is C21H25N3O5S. The summed E-state index contributed by atoms with van der Waals surface area (Å²) in [5.41, 5.74) is 0.431. The highest BCUT2D eigenvalue weighted by atomic mass is 32.1. The lowest BCUT2D eigenvalue weighted by Gasteiger charge is -2.28. The first kappa shape index (κ1) is 18.9. The first-order valence-electron chi connectivity index (χ1n) is 10.7. The third kappa shape index (κ3) is 2.52. The van der Waals surface area contributed by atoms with E-state index in [2.05, 4.69) is 15.5 Å². The van der Waals surface area contributed by atoms with Crippen LogP contribution in [0.25, 0.3) is 11.5 Å². The summed E-state index contributed by atoms with van der Waals surface area (Å²) < 4.78 is 11.2. The number of aromatic nitrogens is 2. The van der Waals surface area contributed by atoms with Crippen LogP contribution in [0.5, 0.6) is 0 Å². The fourth-order valence-corrected chi connectivity index (χ4v) is 6.87. The number of nitrogens with one attached hydrogen (secondary N) is 1. The van der Waals surface area contributed by atoms with E-state index in [1.807, 2.05) is 0 Å². The summed E-state index contributed by atoms with van der Waals surface area (Å²) >= 11 is 1.49. The molecule has 3 saturated carbocycles. The van der Waals surface area contributed by atoms with Crippen molar-refractivity contribution in [3.8, 4) is 11.5 Å². The van der Waals surface area contributed by atoms with E-state index in [1.165, 1.54) is 18.3 Å². The molecule has 3 N–H and O–H groups in total. The molecule has 4 aliphatic rings. The Morgan fingerprint density at radius 2 is 2.17 bits per heavy atom. The van der Waals surface area contributed by atoms with E-state index in [0.717, 1.165) is 47.5 Å². The van der Waals surface area contributed by atoms with Crippen LogP contribution in [0.2, 0.25) is 0 Å². The van der Waals surface area contributed by atoms with Gasteiger partial charge < -0.3 is 24.8 Å². The predicted octanol–water partition coefficient (Wildman–Crippen LogP) is 2.95. The second kappa shape index (κ2) is 6.12. The topological polar surface area (TPSA) is 118 Å². The quantitative estimate of drug-likeness (QED) is 0.623. The maximum absolute atomic E-state index is 13.4. The Labute approximate surface area is 177 Å². The third-order valence-electron chi connectivity index (χ3n) is 7.59. The van der Waals surface area contributed by atoms with Gasteiger partial charge in [0.2, 0.25) is 5.91 Å². The first-order valence-corrected chi connectivity index (χ1v) is 11.5. The van der Waals surface area contributed by atoms with Gasteiger partial charge in [0.25, 0.3) is 5.89 Å². The summed E-state index contributed by atoms with van der Waals surface area (Å²) in [7, 11) is 0. The predicted molar refractivity (Wildman–Crippen MR) is 108 cm³/mol. The van der Waals surface area contributed by atoms with Crippen molar-refractivity contribution in [3.05, 3.63) is 16.3 Å². The molecule has 3 heterocycles. The molecule has 2 unspecified atom stereocenters. The normalized spacial score (nSPS) is 30.1. The Morgan fingerprint density at radius 1 is 1.33 bits per heavy atom. The van der Waals surface area contributed by atoms with Crippen molar-refractivity contribution in [2.75, 3.05) is 11.9 Å². The molecule has 0 radical (unpaired) electrons. The third-order valence-corrected chi connectivity index (χ3v) is 8.71. The standard InChI is InChI=1S/C21H25N3O5S/c1-19(26,27)21-7-2-6-20(21,10-21)18(25)23-17-14(12-5-8-28-9-13(12)30-17)16-22-15(24-29-16)11-3-4-11/h11,26-27H,2-10H2,1H3,(H,23,25). The summed E-state index contributed by atoms with van der Waals surface area (Å²) in [6, 6.07) is 0. The molecule has 2 atom stereocenters. The second-order valence-corrected chi connectivity index (χ2v) is 10.5. The van der Waals surface area contributed by atoms with Crippen LogP contribution < -0.4 is 5.32 Å². The fraction of sp³-hybridized carbons (Fsp3) is 0.667. The Balaban J connectivity index is 1.36.